The molecule has 104 valence electrons. The van der Waals surface area contributed by atoms with Crippen LogP contribution in [0.15, 0.2) is 42.5 Å². The maximum absolute atomic E-state index is 11.1. The molecular formula is C14H12Cl2N2O2. The number of rotatable bonds is 3. The number of amides is 1. The summed E-state index contributed by atoms with van der Waals surface area (Å²) in [6.07, 6.45) is -0.514. The Morgan fingerprint density at radius 1 is 1.00 bits per heavy atom. The van der Waals surface area contributed by atoms with Crippen LogP contribution in [0.3, 0.4) is 0 Å². The highest BCUT2D eigenvalue weighted by Crippen LogP contribution is 2.32. The quantitative estimate of drug-likeness (QED) is 0.846. The predicted molar refractivity (Wildman–Crippen MR) is 82.2 cm³/mol. The Balaban J connectivity index is 2.13. The van der Waals surface area contributed by atoms with E-state index in [0.29, 0.717) is 21.4 Å². The van der Waals surface area contributed by atoms with Crippen molar-refractivity contribution in [1.82, 2.24) is 0 Å². The molecule has 4 nitrogen and oxygen atoms in total. The molecule has 0 saturated carbocycles. The van der Waals surface area contributed by atoms with Gasteiger partial charge < -0.3 is 10.1 Å². The molecule has 2 aromatic carbocycles. The van der Waals surface area contributed by atoms with Crippen LogP contribution in [0.25, 0.3) is 0 Å². The van der Waals surface area contributed by atoms with Crippen LogP contribution in [0, 0.1) is 0 Å². The second kappa shape index (κ2) is 6.50. The number of methoxy groups -OCH3 is 1. The number of nitrogens with one attached hydrogen (secondary N) is 2. The molecule has 0 unspecified atom stereocenters. The highest BCUT2D eigenvalue weighted by atomic mass is 35.5. The third kappa shape index (κ3) is 3.56. The van der Waals surface area contributed by atoms with E-state index in [1.54, 1.807) is 42.5 Å². The average molecular weight is 311 g/mol. The number of ether oxygens (including phenoxy) is 1. The highest BCUT2D eigenvalue weighted by Gasteiger charge is 2.06. The largest absolute Gasteiger partial charge is 0.453 e. The smallest absolute Gasteiger partial charge is 0.411 e. The van der Waals surface area contributed by atoms with Crippen molar-refractivity contribution in [3.8, 4) is 0 Å². The van der Waals surface area contributed by atoms with Crippen molar-refractivity contribution in [2.45, 2.75) is 0 Å². The van der Waals surface area contributed by atoms with Gasteiger partial charge in [-0.2, -0.15) is 0 Å². The number of halogens is 2. The number of benzene rings is 2. The van der Waals surface area contributed by atoms with E-state index in [1.807, 2.05) is 0 Å². The van der Waals surface area contributed by atoms with E-state index in [4.69, 9.17) is 23.2 Å². The lowest BCUT2D eigenvalue weighted by atomic mass is 10.2. The summed E-state index contributed by atoms with van der Waals surface area (Å²) in [5.41, 5.74) is 2.08. The standard InChI is InChI=1S/C14H12Cl2N2O2/c1-20-14(19)18-10-7-5-9(6-8-10)17-13-11(15)3-2-4-12(13)16/h2-8,17H,1H3,(H,18,19). The molecular weight excluding hydrogens is 299 g/mol. The molecule has 0 heterocycles. The maximum Gasteiger partial charge on any atom is 0.411 e. The van der Waals surface area contributed by atoms with Crippen LogP contribution in [0.2, 0.25) is 10.0 Å². The van der Waals surface area contributed by atoms with Crippen LogP contribution < -0.4 is 10.6 Å². The molecule has 0 aromatic heterocycles. The fourth-order valence-electron chi connectivity index (χ4n) is 1.57. The lowest BCUT2D eigenvalue weighted by Gasteiger charge is -2.11. The zero-order valence-corrected chi connectivity index (χ0v) is 12.1. The first-order valence-corrected chi connectivity index (χ1v) is 6.52. The third-order valence-electron chi connectivity index (χ3n) is 2.55. The molecule has 6 heteroatoms. The molecule has 1 amide bonds. The summed E-state index contributed by atoms with van der Waals surface area (Å²) < 4.78 is 4.51. The molecule has 0 bridgehead atoms. The normalized spacial score (nSPS) is 9.95. The summed E-state index contributed by atoms with van der Waals surface area (Å²) in [6.45, 7) is 0. The Morgan fingerprint density at radius 3 is 2.10 bits per heavy atom. The molecule has 0 saturated heterocycles. The summed E-state index contributed by atoms with van der Waals surface area (Å²) in [6, 6.07) is 12.4. The van der Waals surface area contributed by atoms with Gasteiger partial charge in [0.2, 0.25) is 0 Å². The number of hydrogen-bond acceptors (Lipinski definition) is 3. The van der Waals surface area contributed by atoms with Gasteiger partial charge in [0, 0.05) is 11.4 Å². The van der Waals surface area contributed by atoms with Crippen LogP contribution >= 0.6 is 23.2 Å². The first-order chi connectivity index (χ1) is 9.60. The first-order valence-electron chi connectivity index (χ1n) is 5.76. The highest BCUT2D eigenvalue weighted by molar-refractivity contribution is 6.39. The minimum absolute atomic E-state index is 0.514. The summed E-state index contributed by atoms with van der Waals surface area (Å²) in [5, 5.41) is 6.76. The van der Waals surface area contributed by atoms with Crippen molar-refractivity contribution in [1.29, 1.82) is 0 Å². The summed E-state index contributed by atoms with van der Waals surface area (Å²) in [7, 11) is 1.31. The molecule has 0 radical (unpaired) electrons. The van der Waals surface area contributed by atoms with E-state index in [1.165, 1.54) is 7.11 Å². The zero-order chi connectivity index (χ0) is 14.5. The summed E-state index contributed by atoms with van der Waals surface area (Å²) >= 11 is 12.2. The van der Waals surface area contributed by atoms with Crippen molar-refractivity contribution < 1.29 is 9.53 Å². The van der Waals surface area contributed by atoms with Crippen molar-refractivity contribution in [2.24, 2.45) is 0 Å². The minimum atomic E-state index is -0.514. The van der Waals surface area contributed by atoms with Gasteiger partial charge in [-0.25, -0.2) is 4.79 Å². The third-order valence-corrected chi connectivity index (χ3v) is 3.18. The molecule has 20 heavy (non-hydrogen) atoms. The van der Waals surface area contributed by atoms with E-state index in [9.17, 15) is 4.79 Å². The lowest BCUT2D eigenvalue weighted by Crippen LogP contribution is -2.10. The predicted octanol–water partition coefficient (Wildman–Crippen LogP) is 4.92. The number of anilines is 3. The molecule has 2 rings (SSSR count). The van der Waals surface area contributed by atoms with Gasteiger partial charge in [-0.15, -0.1) is 0 Å². The van der Waals surface area contributed by atoms with Gasteiger partial charge in [0.25, 0.3) is 0 Å². The van der Waals surface area contributed by atoms with E-state index in [2.05, 4.69) is 15.4 Å². The van der Waals surface area contributed by atoms with E-state index in [-0.39, 0.29) is 0 Å². The zero-order valence-electron chi connectivity index (χ0n) is 10.6. The molecule has 0 aliphatic rings. The molecule has 0 aliphatic carbocycles. The van der Waals surface area contributed by atoms with Crippen molar-refractivity contribution in [2.75, 3.05) is 17.7 Å². The van der Waals surface area contributed by atoms with Gasteiger partial charge in [0.1, 0.15) is 0 Å². The van der Waals surface area contributed by atoms with Crippen molar-refractivity contribution in [3.05, 3.63) is 52.5 Å². The van der Waals surface area contributed by atoms with E-state index in [0.717, 1.165) is 5.69 Å². The second-order valence-electron chi connectivity index (χ2n) is 3.92. The molecule has 0 fully saturated rings. The van der Waals surface area contributed by atoms with Crippen molar-refractivity contribution in [3.63, 3.8) is 0 Å². The number of carbonyl (C=O) groups is 1. The fraction of sp³-hybridized carbons (Fsp3) is 0.0714. The average Bonchev–Trinajstić information content (AvgIpc) is 2.44. The Kier molecular flexibility index (Phi) is 4.71. The monoisotopic (exact) mass is 310 g/mol. The summed E-state index contributed by atoms with van der Waals surface area (Å²) in [4.78, 5) is 11.1. The van der Waals surface area contributed by atoms with Gasteiger partial charge >= 0.3 is 6.09 Å². The number of hydrogen-bond donors (Lipinski definition) is 2. The second-order valence-corrected chi connectivity index (χ2v) is 4.73. The first kappa shape index (κ1) is 14.5. The molecule has 0 aliphatic heterocycles. The minimum Gasteiger partial charge on any atom is -0.453 e. The SMILES string of the molecule is COC(=O)Nc1ccc(Nc2c(Cl)cccc2Cl)cc1. The lowest BCUT2D eigenvalue weighted by molar-refractivity contribution is 0.187. The number of carbonyl (C=O) groups excluding carboxylic acids is 1. The van der Waals surface area contributed by atoms with Crippen LogP contribution in [0.5, 0.6) is 0 Å². The van der Waals surface area contributed by atoms with Gasteiger partial charge in [-0.1, -0.05) is 29.3 Å². The van der Waals surface area contributed by atoms with E-state index < -0.39 is 6.09 Å². The molecule has 2 N–H and O–H groups in total. The Bertz CT molecular complexity index is 595. The van der Waals surface area contributed by atoms with Gasteiger partial charge in [0.15, 0.2) is 0 Å². The maximum atomic E-state index is 11.1. The fourth-order valence-corrected chi connectivity index (χ4v) is 2.06. The molecule has 2 aromatic rings. The number of para-hydroxylation sites is 1. The van der Waals surface area contributed by atoms with E-state index >= 15 is 0 Å². The Labute approximate surface area is 126 Å². The van der Waals surface area contributed by atoms with Crippen LogP contribution in [-0.4, -0.2) is 13.2 Å². The van der Waals surface area contributed by atoms with Crippen molar-refractivity contribution >= 4 is 46.4 Å². The molecule has 0 spiro atoms. The van der Waals surface area contributed by atoms with Gasteiger partial charge in [0.05, 0.1) is 22.8 Å². The van der Waals surface area contributed by atoms with Gasteiger partial charge in [-0.3, -0.25) is 5.32 Å². The summed E-state index contributed by atoms with van der Waals surface area (Å²) in [5.74, 6) is 0. The van der Waals surface area contributed by atoms with Crippen LogP contribution in [-0.2, 0) is 4.74 Å². The molecule has 0 atom stereocenters. The Hall–Kier alpha value is -1.91. The Morgan fingerprint density at radius 2 is 1.55 bits per heavy atom. The van der Waals surface area contributed by atoms with Gasteiger partial charge in [-0.05, 0) is 36.4 Å². The topological polar surface area (TPSA) is 50.4 Å². The van der Waals surface area contributed by atoms with Crippen LogP contribution in [0.1, 0.15) is 0 Å². The van der Waals surface area contributed by atoms with Crippen LogP contribution in [0.4, 0.5) is 21.9 Å².